The van der Waals surface area contributed by atoms with Gasteiger partial charge in [0.1, 0.15) is 0 Å². The van der Waals surface area contributed by atoms with Crippen LogP contribution in [0.4, 0.5) is 0 Å². The van der Waals surface area contributed by atoms with Gasteiger partial charge in [0.15, 0.2) is 0 Å². The van der Waals surface area contributed by atoms with Crippen LogP contribution in [0.1, 0.15) is 80.0 Å². The van der Waals surface area contributed by atoms with E-state index in [0.29, 0.717) is 30.7 Å². The maximum atomic E-state index is 12.9. The first-order valence-electron chi connectivity index (χ1n) is 10.9. The molecule has 1 N–H and O–H groups in total. The molecular formula is C25H28N2O4. The standard InChI is InChI=1S/C25H28N2O4/c1-16(18-9-8-17-6-3-4-7-19(17)14-18)26-23(28)20-10-11-21-22(15-20)25(30)27(24(21)29)12-5-13-31-2/h8-11,14-16H,3-7,12-13H2,1-2H3,(H,26,28)/t16-/m1/s1. The van der Waals surface area contributed by atoms with E-state index in [1.54, 1.807) is 19.2 Å². The number of rotatable bonds is 7. The molecule has 6 nitrogen and oxygen atoms in total. The Balaban J connectivity index is 1.47. The van der Waals surface area contributed by atoms with Crippen LogP contribution in [0.25, 0.3) is 0 Å². The van der Waals surface area contributed by atoms with Gasteiger partial charge in [-0.1, -0.05) is 18.2 Å². The molecule has 2 aromatic carbocycles. The Morgan fingerprint density at radius 1 is 1.03 bits per heavy atom. The van der Waals surface area contributed by atoms with Crippen LogP contribution in [0.2, 0.25) is 0 Å². The fraction of sp³-hybridized carbons (Fsp3) is 0.400. The molecule has 2 aromatic rings. The number of aryl methyl sites for hydroxylation is 2. The van der Waals surface area contributed by atoms with Crippen molar-refractivity contribution < 1.29 is 19.1 Å². The Labute approximate surface area is 182 Å². The molecule has 4 rings (SSSR count). The molecule has 1 heterocycles. The summed E-state index contributed by atoms with van der Waals surface area (Å²) in [5.74, 6) is -0.926. The Kier molecular flexibility index (Phi) is 6.18. The summed E-state index contributed by atoms with van der Waals surface area (Å²) in [5.41, 5.74) is 4.87. The van der Waals surface area contributed by atoms with Crippen LogP contribution in [0, 0.1) is 0 Å². The number of imide groups is 1. The van der Waals surface area contributed by atoms with E-state index in [1.165, 1.54) is 34.9 Å². The van der Waals surface area contributed by atoms with Crippen LogP contribution in [-0.2, 0) is 17.6 Å². The van der Waals surface area contributed by atoms with Crippen molar-refractivity contribution in [2.75, 3.05) is 20.3 Å². The van der Waals surface area contributed by atoms with Crippen molar-refractivity contribution in [3.63, 3.8) is 0 Å². The molecule has 162 valence electrons. The smallest absolute Gasteiger partial charge is 0.261 e. The van der Waals surface area contributed by atoms with Crippen molar-refractivity contribution in [2.45, 2.75) is 45.1 Å². The van der Waals surface area contributed by atoms with Gasteiger partial charge in [-0.05, 0) is 73.9 Å². The number of methoxy groups -OCH3 is 1. The van der Waals surface area contributed by atoms with E-state index < -0.39 is 0 Å². The molecule has 0 bridgehead atoms. The van der Waals surface area contributed by atoms with Crippen molar-refractivity contribution in [3.8, 4) is 0 Å². The number of hydrogen-bond donors (Lipinski definition) is 1. The van der Waals surface area contributed by atoms with Crippen LogP contribution < -0.4 is 5.32 Å². The van der Waals surface area contributed by atoms with Crippen molar-refractivity contribution in [1.82, 2.24) is 10.2 Å². The SMILES string of the molecule is COCCCN1C(=O)c2ccc(C(=O)N[C@H](C)c3ccc4c(c3)CCCC4)cc2C1=O. The molecule has 2 aliphatic rings. The largest absolute Gasteiger partial charge is 0.385 e. The van der Waals surface area contributed by atoms with Crippen molar-refractivity contribution in [3.05, 3.63) is 69.8 Å². The molecule has 0 unspecified atom stereocenters. The third kappa shape index (κ3) is 4.26. The summed E-state index contributed by atoms with van der Waals surface area (Å²) < 4.78 is 5.00. The Hall–Kier alpha value is -2.99. The molecule has 0 fully saturated rings. The van der Waals surface area contributed by atoms with Gasteiger partial charge in [0.25, 0.3) is 17.7 Å². The predicted molar refractivity (Wildman–Crippen MR) is 117 cm³/mol. The summed E-state index contributed by atoms with van der Waals surface area (Å²) in [5, 5.41) is 3.02. The molecule has 3 amide bonds. The predicted octanol–water partition coefficient (Wildman–Crippen LogP) is 3.69. The average Bonchev–Trinajstić information content (AvgIpc) is 3.03. The molecule has 1 atom stereocenters. The van der Waals surface area contributed by atoms with Gasteiger partial charge in [0, 0.05) is 25.8 Å². The Bertz CT molecular complexity index is 1030. The zero-order chi connectivity index (χ0) is 22.0. The van der Waals surface area contributed by atoms with E-state index in [9.17, 15) is 14.4 Å². The topological polar surface area (TPSA) is 75.7 Å². The second-order valence-corrected chi connectivity index (χ2v) is 8.30. The summed E-state index contributed by atoms with van der Waals surface area (Å²) in [7, 11) is 1.58. The third-order valence-electron chi connectivity index (χ3n) is 6.18. The van der Waals surface area contributed by atoms with Gasteiger partial charge in [-0.25, -0.2) is 0 Å². The van der Waals surface area contributed by atoms with Gasteiger partial charge in [-0.15, -0.1) is 0 Å². The van der Waals surface area contributed by atoms with E-state index in [0.717, 1.165) is 18.4 Å². The average molecular weight is 421 g/mol. The van der Waals surface area contributed by atoms with Crippen molar-refractivity contribution in [2.24, 2.45) is 0 Å². The van der Waals surface area contributed by atoms with Gasteiger partial charge in [-0.2, -0.15) is 0 Å². The molecule has 31 heavy (non-hydrogen) atoms. The van der Waals surface area contributed by atoms with E-state index in [-0.39, 0.29) is 29.3 Å². The third-order valence-corrected chi connectivity index (χ3v) is 6.18. The lowest BCUT2D eigenvalue weighted by Crippen LogP contribution is -2.31. The first-order valence-corrected chi connectivity index (χ1v) is 10.9. The zero-order valence-corrected chi connectivity index (χ0v) is 18.1. The molecule has 0 aromatic heterocycles. The molecule has 0 spiro atoms. The number of nitrogens with one attached hydrogen (secondary N) is 1. The van der Waals surface area contributed by atoms with E-state index >= 15 is 0 Å². The normalized spacial score (nSPS) is 16.1. The lowest BCUT2D eigenvalue weighted by molar-refractivity contribution is 0.0638. The van der Waals surface area contributed by atoms with Crippen LogP contribution >= 0.6 is 0 Å². The van der Waals surface area contributed by atoms with E-state index in [1.807, 2.05) is 6.92 Å². The highest BCUT2D eigenvalue weighted by Gasteiger charge is 2.35. The maximum absolute atomic E-state index is 12.9. The molecule has 0 radical (unpaired) electrons. The first kappa shape index (κ1) is 21.2. The lowest BCUT2D eigenvalue weighted by Gasteiger charge is -2.20. The second kappa shape index (κ2) is 9.02. The van der Waals surface area contributed by atoms with Crippen molar-refractivity contribution >= 4 is 17.7 Å². The van der Waals surface area contributed by atoms with E-state index in [4.69, 9.17) is 4.74 Å². The minimum absolute atomic E-state index is 0.157. The monoisotopic (exact) mass is 420 g/mol. The van der Waals surface area contributed by atoms with Crippen LogP contribution in [0.3, 0.4) is 0 Å². The van der Waals surface area contributed by atoms with Gasteiger partial charge in [0.05, 0.1) is 17.2 Å². The Morgan fingerprint density at radius 3 is 2.55 bits per heavy atom. The molecule has 1 aliphatic heterocycles. The van der Waals surface area contributed by atoms with Crippen LogP contribution in [0.5, 0.6) is 0 Å². The first-order chi connectivity index (χ1) is 15.0. The molecular weight excluding hydrogens is 392 g/mol. The van der Waals surface area contributed by atoms with Gasteiger partial charge >= 0.3 is 0 Å². The quantitative estimate of drug-likeness (QED) is 0.548. The molecule has 1 aliphatic carbocycles. The highest BCUT2D eigenvalue weighted by molar-refractivity contribution is 6.22. The number of hydrogen-bond acceptors (Lipinski definition) is 4. The van der Waals surface area contributed by atoms with Gasteiger partial charge in [-0.3, -0.25) is 19.3 Å². The van der Waals surface area contributed by atoms with Gasteiger partial charge < -0.3 is 10.1 Å². The Morgan fingerprint density at radius 2 is 1.77 bits per heavy atom. The number of amides is 3. The lowest BCUT2D eigenvalue weighted by atomic mass is 9.89. The number of ether oxygens (including phenoxy) is 1. The van der Waals surface area contributed by atoms with Crippen LogP contribution in [-0.4, -0.2) is 42.9 Å². The maximum Gasteiger partial charge on any atom is 0.261 e. The number of benzene rings is 2. The summed E-state index contributed by atoms with van der Waals surface area (Å²) in [6.45, 7) is 2.74. The summed E-state index contributed by atoms with van der Waals surface area (Å²) in [4.78, 5) is 39.3. The number of carbonyl (C=O) groups excluding carboxylic acids is 3. The number of fused-ring (bicyclic) bond motifs is 2. The van der Waals surface area contributed by atoms with Crippen molar-refractivity contribution in [1.29, 1.82) is 0 Å². The molecule has 6 heteroatoms. The fourth-order valence-corrected chi connectivity index (χ4v) is 4.39. The fourth-order valence-electron chi connectivity index (χ4n) is 4.39. The minimum atomic E-state index is -0.353. The van der Waals surface area contributed by atoms with E-state index in [2.05, 4.69) is 23.5 Å². The summed E-state index contributed by atoms with van der Waals surface area (Å²) in [6.07, 6.45) is 5.24. The minimum Gasteiger partial charge on any atom is -0.385 e. The number of nitrogens with zero attached hydrogens (tertiary/aromatic N) is 1. The van der Waals surface area contributed by atoms with Crippen LogP contribution in [0.15, 0.2) is 36.4 Å². The van der Waals surface area contributed by atoms with Gasteiger partial charge in [0.2, 0.25) is 0 Å². The highest BCUT2D eigenvalue weighted by Crippen LogP contribution is 2.26. The highest BCUT2D eigenvalue weighted by atomic mass is 16.5. The summed E-state index contributed by atoms with van der Waals surface area (Å²) >= 11 is 0. The second-order valence-electron chi connectivity index (χ2n) is 8.30. The zero-order valence-electron chi connectivity index (χ0n) is 18.1. The number of carbonyl (C=O) groups is 3. The molecule has 0 saturated heterocycles. The molecule has 0 saturated carbocycles. The summed E-state index contributed by atoms with van der Waals surface area (Å²) in [6, 6.07) is 11.0.